The molecule has 0 aliphatic rings. The summed E-state index contributed by atoms with van der Waals surface area (Å²) in [4.78, 5) is 21.8. The Hall–Kier alpha value is -2.06. The molecule has 1 amide bonds. The van der Waals surface area contributed by atoms with Gasteiger partial charge in [-0.05, 0) is 18.3 Å². The minimum atomic E-state index is -0.669. The highest BCUT2D eigenvalue weighted by Crippen LogP contribution is 2.17. The van der Waals surface area contributed by atoms with E-state index in [0.29, 0.717) is 0 Å². The molecule has 0 heterocycles. The maximum absolute atomic E-state index is 11.7. The monoisotopic (exact) mass is 269 g/mol. The number of para-hydroxylation sites is 1. The number of thiocarbonyl (C=S) groups is 1. The van der Waals surface area contributed by atoms with Crippen LogP contribution in [0.25, 0.3) is 0 Å². The van der Waals surface area contributed by atoms with Gasteiger partial charge in [0.2, 0.25) is 0 Å². The zero-order chi connectivity index (χ0) is 13.5. The van der Waals surface area contributed by atoms with Gasteiger partial charge in [-0.1, -0.05) is 12.1 Å². The first-order chi connectivity index (χ1) is 8.56. The topological polar surface area (TPSA) is 104 Å². The van der Waals surface area contributed by atoms with Crippen molar-refractivity contribution < 1.29 is 14.8 Å². The van der Waals surface area contributed by atoms with Gasteiger partial charge in [-0.2, -0.15) is 0 Å². The average Bonchev–Trinajstić information content (AvgIpc) is 2.36. The molecule has 1 rings (SSSR count). The van der Waals surface area contributed by atoms with Crippen LogP contribution in [0.15, 0.2) is 24.3 Å². The molecule has 8 heteroatoms. The summed E-state index contributed by atoms with van der Waals surface area (Å²) in [5.41, 5.74) is -0.365. The van der Waals surface area contributed by atoms with E-state index in [4.69, 9.17) is 17.3 Å². The van der Waals surface area contributed by atoms with Crippen molar-refractivity contribution >= 4 is 28.9 Å². The van der Waals surface area contributed by atoms with E-state index in [1.807, 2.05) is 0 Å². The Morgan fingerprint density at radius 3 is 2.72 bits per heavy atom. The van der Waals surface area contributed by atoms with E-state index in [1.165, 1.54) is 24.3 Å². The summed E-state index contributed by atoms with van der Waals surface area (Å²) in [5.74, 6) is -0.669. The third kappa shape index (κ3) is 3.75. The number of hydrogen-bond acceptors (Lipinski definition) is 5. The van der Waals surface area contributed by atoms with Crippen LogP contribution >= 0.6 is 12.2 Å². The van der Waals surface area contributed by atoms with Gasteiger partial charge in [-0.3, -0.25) is 20.2 Å². The first-order valence-electron chi connectivity index (χ1n) is 4.99. The second-order valence-electron chi connectivity index (χ2n) is 3.21. The Balaban J connectivity index is 2.78. The number of aliphatic hydroxyl groups is 1. The summed E-state index contributed by atoms with van der Waals surface area (Å²) in [7, 11) is 0. The number of rotatable bonds is 4. The lowest BCUT2D eigenvalue weighted by atomic mass is 10.1. The number of nitro groups is 1. The zero-order valence-corrected chi connectivity index (χ0v) is 10.1. The molecule has 18 heavy (non-hydrogen) atoms. The molecule has 1 aromatic rings. The highest BCUT2D eigenvalue weighted by molar-refractivity contribution is 7.80. The quantitative estimate of drug-likeness (QED) is 0.409. The molecule has 0 aliphatic heterocycles. The Labute approximate surface area is 108 Å². The first-order valence-corrected chi connectivity index (χ1v) is 5.40. The van der Waals surface area contributed by atoms with E-state index in [1.54, 1.807) is 0 Å². The molecule has 0 saturated heterocycles. The molecular formula is C10H11N3O4S. The molecule has 3 N–H and O–H groups in total. The van der Waals surface area contributed by atoms with Crippen molar-refractivity contribution in [2.75, 3.05) is 13.2 Å². The van der Waals surface area contributed by atoms with Crippen molar-refractivity contribution in [3.63, 3.8) is 0 Å². The van der Waals surface area contributed by atoms with Crippen molar-refractivity contribution in [3.8, 4) is 0 Å². The van der Waals surface area contributed by atoms with Gasteiger partial charge < -0.3 is 10.4 Å². The van der Waals surface area contributed by atoms with Crippen LogP contribution in [0, 0.1) is 10.1 Å². The fourth-order valence-electron chi connectivity index (χ4n) is 1.21. The molecule has 0 aromatic heterocycles. The number of benzene rings is 1. The van der Waals surface area contributed by atoms with Crippen LogP contribution < -0.4 is 10.6 Å². The lowest BCUT2D eigenvalue weighted by molar-refractivity contribution is -0.385. The maximum atomic E-state index is 11.7. The molecule has 96 valence electrons. The van der Waals surface area contributed by atoms with Gasteiger partial charge in [0, 0.05) is 12.6 Å². The van der Waals surface area contributed by atoms with E-state index in [2.05, 4.69) is 10.6 Å². The molecule has 0 fully saturated rings. The molecular weight excluding hydrogens is 258 g/mol. The SMILES string of the molecule is O=C(NC(=S)NCCO)c1ccccc1[N+](=O)[O-]. The number of hydrogen-bond donors (Lipinski definition) is 3. The number of amides is 1. The van der Waals surface area contributed by atoms with Gasteiger partial charge >= 0.3 is 0 Å². The Bertz CT molecular complexity index is 478. The van der Waals surface area contributed by atoms with Crippen LogP contribution in [0.1, 0.15) is 10.4 Å². The summed E-state index contributed by atoms with van der Waals surface area (Å²) in [5, 5.41) is 24.1. The third-order valence-corrected chi connectivity index (χ3v) is 2.22. The maximum Gasteiger partial charge on any atom is 0.282 e. The average molecular weight is 269 g/mol. The Morgan fingerprint density at radius 2 is 2.11 bits per heavy atom. The molecule has 7 nitrogen and oxygen atoms in total. The van der Waals surface area contributed by atoms with E-state index < -0.39 is 10.8 Å². The fourth-order valence-corrected chi connectivity index (χ4v) is 1.40. The smallest absolute Gasteiger partial charge is 0.282 e. The summed E-state index contributed by atoms with van der Waals surface area (Å²) < 4.78 is 0. The van der Waals surface area contributed by atoms with E-state index in [-0.39, 0.29) is 29.5 Å². The summed E-state index contributed by atoms with van der Waals surface area (Å²) in [6.07, 6.45) is 0. The third-order valence-electron chi connectivity index (χ3n) is 1.97. The molecule has 1 aromatic carbocycles. The fraction of sp³-hybridized carbons (Fsp3) is 0.200. The minimum absolute atomic E-state index is 0.00667. The van der Waals surface area contributed by atoms with Gasteiger partial charge in [0.05, 0.1) is 11.5 Å². The van der Waals surface area contributed by atoms with Gasteiger partial charge in [-0.25, -0.2) is 0 Å². The molecule has 0 aliphatic carbocycles. The van der Waals surface area contributed by atoms with Crippen molar-refractivity contribution in [2.45, 2.75) is 0 Å². The van der Waals surface area contributed by atoms with Crippen molar-refractivity contribution in [1.29, 1.82) is 0 Å². The molecule has 0 unspecified atom stereocenters. The molecule has 0 spiro atoms. The largest absolute Gasteiger partial charge is 0.395 e. The van der Waals surface area contributed by atoms with Crippen LogP contribution in [0.3, 0.4) is 0 Å². The number of carbonyl (C=O) groups excluding carboxylic acids is 1. The molecule has 0 atom stereocenters. The van der Waals surface area contributed by atoms with Crippen molar-refractivity contribution in [2.24, 2.45) is 0 Å². The normalized spacial score (nSPS) is 9.61. The number of nitro benzene ring substituents is 1. The van der Waals surface area contributed by atoms with Crippen LogP contribution in [0.2, 0.25) is 0 Å². The van der Waals surface area contributed by atoms with E-state index in [9.17, 15) is 14.9 Å². The molecule has 0 saturated carbocycles. The first kappa shape index (κ1) is 14.0. The van der Waals surface area contributed by atoms with Gasteiger partial charge in [0.25, 0.3) is 11.6 Å². The van der Waals surface area contributed by atoms with Gasteiger partial charge in [0.1, 0.15) is 5.56 Å². The lowest BCUT2D eigenvalue weighted by Gasteiger charge is -2.08. The number of nitrogens with one attached hydrogen (secondary N) is 2. The van der Waals surface area contributed by atoms with Crippen LogP contribution in [-0.4, -0.2) is 34.2 Å². The van der Waals surface area contributed by atoms with Crippen LogP contribution in [0.5, 0.6) is 0 Å². The summed E-state index contributed by atoms with van der Waals surface area (Å²) in [6.45, 7) is 0.0531. The standard InChI is InChI=1S/C10H11N3O4S/c14-6-5-11-10(18)12-9(15)7-3-1-2-4-8(7)13(16)17/h1-4,14H,5-6H2,(H2,11,12,15,18). The zero-order valence-electron chi connectivity index (χ0n) is 9.25. The number of carbonyl (C=O) groups is 1. The van der Waals surface area contributed by atoms with Gasteiger partial charge in [0.15, 0.2) is 5.11 Å². The predicted octanol–water partition coefficient (Wildman–Crippen LogP) is 0.191. The second kappa shape index (κ2) is 6.62. The lowest BCUT2D eigenvalue weighted by Crippen LogP contribution is -2.40. The van der Waals surface area contributed by atoms with Gasteiger partial charge in [-0.15, -0.1) is 0 Å². The summed E-state index contributed by atoms with van der Waals surface area (Å²) >= 11 is 4.78. The van der Waals surface area contributed by atoms with Crippen LogP contribution in [0.4, 0.5) is 5.69 Å². The minimum Gasteiger partial charge on any atom is -0.395 e. The Kier molecular flexibility index (Phi) is 5.15. The van der Waals surface area contributed by atoms with E-state index in [0.717, 1.165) is 0 Å². The Morgan fingerprint density at radius 1 is 1.44 bits per heavy atom. The second-order valence-corrected chi connectivity index (χ2v) is 3.62. The number of aliphatic hydroxyl groups excluding tert-OH is 1. The predicted molar refractivity (Wildman–Crippen MR) is 68.2 cm³/mol. The van der Waals surface area contributed by atoms with Crippen LogP contribution in [-0.2, 0) is 0 Å². The van der Waals surface area contributed by atoms with E-state index >= 15 is 0 Å². The van der Waals surface area contributed by atoms with Crippen molar-refractivity contribution in [1.82, 2.24) is 10.6 Å². The molecule has 0 bridgehead atoms. The molecule has 0 radical (unpaired) electrons. The summed E-state index contributed by atoms with van der Waals surface area (Å²) in [6, 6.07) is 5.56. The highest BCUT2D eigenvalue weighted by Gasteiger charge is 2.19. The highest BCUT2D eigenvalue weighted by atomic mass is 32.1. The number of nitrogens with zero attached hydrogens (tertiary/aromatic N) is 1. The van der Waals surface area contributed by atoms with Crippen molar-refractivity contribution in [3.05, 3.63) is 39.9 Å².